The van der Waals surface area contributed by atoms with Crippen molar-refractivity contribution in [3.63, 3.8) is 0 Å². The molecule has 0 bridgehead atoms. The van der Waals surface area contributed by atoms with Crippen molar-refractivity contribution in [1.82, 2.24) is 10.2 Å². The van der Waals surface area contributed by atoms with Gasteiger partial charge in [-0.05, 0) is 76.8 Å². The second-order valence-corrected chi connectivity index (χ2v) is 11.6. The molecule has 196 valence electrons. The van der Waals surface area contributed by atoms with Crippen molar-refractivity contribution < 1.29 is 4.74 Å². The molecule has 1 saturated carbocycles. The van der Waals surface area contributed by atoms with Gasteiger partial charge in [-0.3, -0.25) is 0 Å². The van der Waals surface area contributed by atoms with Gasteiger partial charge in [0.15, 0.2) is 0 Å². The molecule has 1 aliphatic carbocycles. The Kier molecular flexibility index (Phi) is 16.0. The van der Waals surface area contributed by atoms with Gasteiger partial charge >= 0.3 is 0 Å². The number of piperidine rings is 1. The molecule has 2 aliphatic rings. The molecule has 0 aromatic rings. The number of nitrogens with one attached hydrogen (secondary N) is 1. The third kappa shape index (κ3) is 13.0. The summed E-state index contributed by atoms with van der Waals surface area (Å²) in [6.45, 7) is 14.3. The molecular formula is C30H60N2O. The SMILES string of the molecule is CCCCCCC(CCCCC)CN1CCC(CO[C@H]2C[C@H](NC(C)CCCCC)C2)CC1. The third-order valence-electron chi connectivity index (χ3n) is 8.33. The van der Waals surface area contributed by atoms with E-state index in [0.717, 1.165) is 18.4 Å². The fraction of sp³-hybridized carbons (Fsp3) is 1.00. The van der Waals surface area contributed by atoms with E-state index in [1.165, 1.54) is 129 Å². The summed E-state index contributed by atoms with van der Waals surface area (Å²) in [4.78, 5) is 2.79. The Balaban J connectivity index is 1.54. The van der Waals surface area contributed by atoms with Crippen molar-refractivity contribution in [2.24, 2.45) is 11.8 Å². The molecule has 0 spiro atoms. The van der Waals surface area contributed by atoms with E-state index in [2.05, 4.69) is 37.9 Å². The maximum Gasteiger partial charge on any atom is 0.0605 e. The summed E-state index contributed by atoms with van der Waals surface area (Å²) >= 11 is 0. The Hall–Kier alpha value is -0.120. The van der Waals surface area contributed by atoms with Crippen LogP contribution in [0.25, 0.3) is 0 Å². The predicted octanol–water partition coefficient (Wildman–Crippen LogP) is 7.97. The first-order valence-corrected chi connectivity index (χ1v) is 15.2. The van der Waals surface area contributed by atoms with Gasteiger partial charge in [0.1, 0.15) is 0 Å². The fourth-order valence-electron chi connectivity index (χ4n) is 5.87. The van der Waals surface area contributed by atoms with Crippen LogP contribution in [0.5, 0.6) is 0 Å². The minimum Gasteiger partial charge on any atom is -0.378 e. The highest BCUT2D eigenvalue weighted by Gasteiger charge is 2.31. The monoisotopic (exact) mass is 464 g/mol. The van der Waals surface area contributed by atoms with Gasteiger partial charge in [0.05, 0.1) is 6.10 Å². The van der Waals surface area contributed by atoms with Gasteiger partial charge in [-0.1, -0.05) is 85.0 Å². The number of rotatable bonds is 20. The summed E-state index contributed by atoms with van der Waals surface area (Å²) in [5.41, 5.74) is 0. The number of unbranched alkanes of at least 4 members (excludes halogenated alkanes) is 7. The van der Waals surface area contributed by atoms with Crippen LogP contribution in [-0.2, 0) is 4.74 Å². The quantitative estimate of drug-likeness (QED) is 0.185. The number of hydrogen-bond acceptors (Lipinski definition) is 3. The van der Waals surface area contributed by atoms with Crippen LogP contribution in [0.1, 0.15) is 137 Å². The van der Waals surface area contributed by atoms with Crippen molar-refractivity contribution in [1.29, 1.82) is 0 Å². The van der Waals surface area contributed by atoms with Crippen molar-refractivity contribution in [3.8, 4) is 0 Å². The van der Waals surface area contributed by atoms with Crippen LogP contribution in [0.2, 0.25) is 0 Å². The summed E-state index contributed by atoms with van der Waals surface area (Å²) in [6, 6.07) is 1.37. The molecule has 1 saturated heterocycles. The largest absolute Gasteiger partial charge is 0.378 e. The number of hydrogen-bond donors (Lipinski definition) is 1. The van der Waals surface area contributed by atoms with E-state index in [9.17, 15) is 0 Å². The highest BCUT2D eigenvalue weighted by Crippen LogP contribution is 2.28. The Bertz CT molecular complexity index is 443. The average molecular weight is 465 g/mol. The molecule has 2 rings (SSSR count). The first kappa shape index (κ1) is 29.1. The Morgan fingerprint density at radius 3 is 2.00 bits per heavy atom. The summed E-state index contributed by atoms with van der Waals surface area (Å²) in [5, 5.41) is 3.82. The lowest BCUT2D eigenvalue weighted by Gasteiger charge is -2.39. The first-order chi connectivity index (χ1) is 16.1. The lowest BCUT2D eigenvalue weighted by molar-refractivity contribution is -0.0425. The molecule has 2 atom stereocenters. The van der Waals surface area contributed by atoms with E-state index in [1.54, 1.807) is 0 Å². The van der Waals surface area contributed by atoms with E-state index in [1.807, 2.05) is 0 Å². The molecule has 33 heavy (non-hydrogen) atoms. The van der Waals surface area contributed by atoms with Crippen LogP contribution in [0.3, 0.4) is 0 Å². The molecule has 0 radical (unpaired) electrons. The molecular weight excluding hydrogens is 404 g/mol. The summed E-state index contributed by atoms with van der Waals surface area (Å²) in [5.74, 6) is 1.73. The van der Waals surface area contributed by atoms with Gasteiger partial charge < -0.3 is 15.0 Å². The van der Waals surface area contributed by atoms with E-state index < -0.39 is 0 Å². The van der Waals surface area contributed by atoms with E-state index in [0.29, 0.717) is 18.2 Å². The van der Waals surface area contributed by atoms with Crippen LogP contribution in [-0.4, -0.2) is 49.3 Å². The summed E-state index contributed by atoms with van der Waals surface area (Å²) < 4.78 is 6.33. The number of ether oxygens (including phenoxy) is 1. The highest BCUT2D eigenvalue weighted by molar-refractivity contribution is 4.88. The second-order valence-electron chi connectivity index (χ2n) is 11.6. The fourth-order valence-corrected chi connectivity index (χ4v) is 5.87. The smallest absolute Gasteiger partial charge is 0.0605 e. The molecule has 0 amide bonds. The van der Waals surface area contributed by atoms with Gasteiger partial charge in [0.25, 0.3) is 0 Å². The second kappa shape index (κ2) is 18.2. The minimum atomic E-state index is 0.523. The molecule has 1 aliphatic heterocycles. The minimum absolute atomic E-state index is 0.523. The van der Waals surface area contributed by atoms with Gasteiger partial charge in [-0.25, -0.2) is 0 Å². The predicted molar refractivity (Wildman–Crippen MR) is 145 cm³/mol. The zero-order chi connectivity index (χ0) is 23.7. The maximum atomic E-state index is 6.33. The molecule has 2 fully saturated rings. The zero-order valence-corrected chi connectivity index (χ0v) is 23.1. The summed E-state index contributed by atoms with van der Waals surface area (Å²) in [7, 11) is 0. The van der Waals surface area contributed by atoms with Crippen LogP contribution in [0.4, 0.5) is 0 Å². The van der Waals surface area contributed by atoms with Gasteiger partial charge in [-0.15, -0.1) is 0 Å². The lowest BCUT2D eigenvalue weighted by atomic mass is 9.88. The van der Waals surface area contributed by atoms with E-state index in [-0.39, 0.29) is 0 Å². The Morgan fingerprint density at radius 1 is 0.788 bits per heavy atom. The van der Waals surface area contributed by atoms with Crippen molar-refractivity contribution in [3.05, 3.63) is 0 Å². The number of nitrogens with zero attached hydrogens (tertiary/aromatic N) is 1. The van der Waals surface area contributed by atoms with Crippen LogP contribution in [0, 0.1) is 11.8 Å². The third-order valence-corrected chi connectivity index (χ3v) is 8.33. The van der Waals surface area contributed by atoms with E-state index in [4.69, 9.17) is 4.74 Å². The molecule has 3 nitrogen and oxygen atoms in total. The van der Waals surface area contributed by atoms with Crippen LogP contribution >= 0.6 is 0 Å². The number of likely N-dealkylation sites (tertiary alicyclic amines) is 1. The zero-order valence-electron chi connectivity index (χ0n) is 23.1. The Labute approximate surface area is 208 Å². The first-order valence-electron chi connectivity index (χ1n) is 15.2. The van der Waals surface area contributed by atoms with Crippen molar-refractivity contribution in [2.45, 2.75) is 155 Å². The molecule has 3 heteroatoms. The summed E-state index contributed by atoms with van der Waals surface area (Å²) in [6.07, 6.45) is 23.9. The van der Waals surface area contributed by atoms with Gasteiger partial charge in [0, 0.05) is 25.2 Å². The Morgan fingerprint density at radius 2 is 1.36 bits per heavy atom. The van der Waals surface area contributed by atoms with Crippen LogP contribution < -0.4 is 5.32 Å². The molecule has 2 unspecified atom stereocenters. The standard InChI is InChI=1S/C30H60N2O/c1-5-8-11-14-17-27(16-13-10-7-3)24-32-20-18-28(19-21-32)25-33-30-22-29(23-30)31-26(4)15-12-9-6-2/h26-31H,5-25H2,1-4H3/t26?,27?,29-,30-. The highest BCUT2D eigenvalue weighted by atomic mass is 16.5. The molecule has 0 aromatic heterocycles. The maximum absolute atomic E-state index is 6.33. The van der Waals surface area contributed by atoms with Gasteiger partial charge in [0.2, 0.25) is 0 Å². The lowest BCUT2D eigenvalue weighted by Crippen LogP contribution is -2.49. The van der Waals surface area contributed by atoms with Crippen molar-refractivity contribution in [2.75, 3.05) is 26.2 Å². The molecule has 0 aromatic carbocycles. The average Bonchev–Trinajstić information content (AvgIpc) is 2.79. The van der Waals surface area contributed by atoms with Gasteiger partial charge in [-0.2, -0.15) is 0 Å². The molecule has 1 heterocycles. The van der Waals surface area contributed by atoms with Crippen LogP contribution in [0.15, 0.2) is 0 Å². The molecule has 1 N–H and O–H groups in total. The normalized spacial score (nSPS) is 24.0. The van der Waals surface area contributed by atoms with E-state index >= 15 is 0 Å². The van der Waals surface area contributed by atoms with Crippen molar-refractivity contribution >= 4 is 0 Å². The topological polar surface area (TPSA) is 24.5 Å².